The monoisotopic (exact) mass is 397 g/mol. The summed E-state index contributed by atoms with van der Waals surface area (Å²) in [6.45, 7) is 2.56. The molecule has 1 aromatic heterocycles. The first-order chi connectivity index (χ1) is 13.7. The zero-order chi connectivity index (χ0) is 19.5. The van der Waals surface area contributed by atoms with Gasteiger partial charge >= 0.3 is 0 Å². The lowest BCUT2D eigenvalue weighted by Crippen LogP contribution is -2.40. The summed E-state index contributed by atoms with van der Waals surface area (Å²) >= 11 is 1.41. The molecule has 2 heterocycles. The third kappa shape index (κ3) is 3.98. The summed E-state index contributed by atoms with van der Waals surface area (Å²) in [4.78, 5) is 27.6. The second-order valence-corrected chi connectivity index (χ2v) is 8.66. The molecule has 148 valence electrons. The number of piperidine rings is 1. The molecule has 2 aromatic rings. The summed E-state index contributed by atoms with van der Waals surface area (Å²) in [5, 5.41) is 8.71. The van der Waals surface area contributed by atoms with Crippen LogP contribution in [0.25, 0.3) is 0 Å². The molecule has 1 fully saturated rings. The number of aryl methyl sites for hydroxylation is 2. The number of benzene rings is 1. The smallest absolute Gasteiger partial charge is 0.256 e. The van der Waals surface area contributed by atoms with E-state index < -0.39 is 0 Å². The Bertz CT molecular complexity index is 868. The van der Waals surface area contributed by atoms with Crippen LogP contribution >= 0.6 is 11.3 Å². The first-order valence-corrected chi connectivity index (χ1v) is 11.0. The lowest BCUT2D eigenvalue weighted by Gasteiger charge is -2.32. The molecule has 2 amide bonds. The highest BCUT2D eigenvalue weighted by molar-refractivity contribution is 7.14. The molecular weight excluding hydrogens is 370 g/mol. The molecule has 4 rings (SSSR count). The van der Waals surface area contributed by atoms with Crippen LogP contribution in [-0.2, 0) is 12.8 Å². The van der Waals surface area contributed by atoms with Crippen LogP contribution in [0.4, 0.5) is 5.00 Å². The quantitative estimate of drug-likeness (QED) is 0.811. The lowest BCUT2D eigenvalue weighted by molar-refractivity contribution is 0.0692. The number of hydrogen-bond acceptors (Lipinski definition) is 4. The van der Waals surface area contributed by atoms with Crippen molar-refractivity contribution >= 4 is 28.2 Å². The maximum atomic E-state index is 13.0. The molecule has 0 unspecified atom stereocenters. The average Bonchev–Trinajstić information content (AvgIpc) is 3.37. The first kappa shape index (κ1) is 19.2. The predicted molar refractivity (Wildman–Crippen MR) is 113 cm³/mol. The van der Waals surface area contributed by atoms with Gasteiger partial charge in [-0.3, -0.25) is 9.59 Å². The predicted octanol–water partition coefficient (Wildman–Crippen LogP) is 3.56. The zero-order valence-electron chi connectivity index (χ0n) is 16.3. The number of nitrogens with zero attached hydrogens (tertiary/aromatic N) is 1. The Balaban J connectivity index is 1.43. The van der Waals surface area contributed by atoms with E-state index in [2.05, 4.69) is 16.7 Å². The summed E-state index contributed by atoms with van der Waals surface area (Å²) in [6, 6.07) is 7.78. The Morgan fingerprint density at radius 2 is 1.93 bits per heavy atom. The highest BCUT2D eigenvalue weighted by Gasteiger charge is 2.26. The van der Waals surface area contributed by atoms with Gasteiger partial charge in [-0.1, -0.05) is 6.07 Å². The van der Waals surface area contributed by atoms with E-state index in [0.29, 0.717) is 22.0 Å². The maximum Gasteiger partial charge on any atom is 0.256 e. The average molecular weight is 398 g/mol. The van der Waals surface area contributed by atoms with Gasteiger partial charge in [0.1, 0.15) is 5.00 Å². The fraction of sp³-hybridized carbons (Fsp3) is 0.455. The van der Waals surface area contributed by atoms with Crippen molar-refractivity contribution in [3.63, 3.8) is 0 Å². The van der Waals surface area contributed by atoms with Gasteiger partial charge in [0.15, 0.2) is 0 Å². The van der Waals surface area contributed by atoms with Crippen LogP contribution in [0.1, 0.15) is 51.1 Å². The number of hydrogen-bond donors (Lipinski definition) is 2. The van der Waals surface area contributed by atoms with E-state index in [1.54, 1.807) is 0 Å². The van der Waals surface area contributed by atoms with Gasteiger partial charge in [-0.15, -0.1) is 11.3 Å². The number of anilines is 1. The van der Waals surface area contributed by atoms with Crippen LogP contribution in [0.15, 0.2) is 29.6 Å². The van der Waals surface area contributed by atoms with Crippen molar-refractivity contribution in [1.82, 2.24) is 10.2 Å². The summed E-state index contributed by atoms with van der Waals surface area (Å²) < 4.78 is 0. The van der Waals surface area contributed by atoms with E-state index in [-0.39, 0.29) is 11.8 Å². The van der Waals surface area contributed by atoms with Crippen molar-refractivity contribution in [2.24, 2.45) is 5.92 Å². The molecule has 28 heavy (non-hydrogen) atoms. The van der Waals surface area contributed by atoms with Crippen LogP contribution in [-0.4, -0.2) is 43.4 Å². The molecule has 0 radical (unpaired) electrons. The normalized spacial score (nSPS) is 16.8. The molecule has 1 aliphatic heterocycles. The van der Waals surface area contributed by atoms with Crippen LogP contribution in [0.2, 0.25) is 0 Å². The minimum Gasteiger partial charge on any atom is -0.339 e. The van der Waals surface area contributed by atoms with Crippen molar-refractivity contribution in [2.45, 2.75) is 32.1 Å². The molecule has 0 atom stereocenters. The first-order valence-electron chi connectivity index (χ1n) is 10.1. The van der Waals surface area contributed by atoms with Crippen LogP contribution in [0.3, 0.4) is 0 Å². The second kappa shape index (κ2) is 8.45. The van der Waals surface area contributed by atoms with Gasteiger partial charge in [0, 0.05) is 18.7 Å². The van der Waals surface area contributed by atoms with E-state index in [9.17, 15) is 9.59 Å². The summed E-state index contributed by atoms with van der Waals surface area (Å²) in [5.74, 6) is 0.517. The van der Waals surface area contributed by atoms with E-state index in [1.807, 2.05) is 35.5 Å². The molecule has 1 aliphatic carbocycles. The standard InChI is InChI=1S/C22H27N3O2S/c1-23-14-15-7-10-25(11-8-15)22(27)19-9-12-28-21(19)24-20(26)18-6-5-16-3-2-4-17(16)13-18/h5-6,9,12-13,15,23H,2-4,7-8,10-11,14H2,1H3,(H,24,26). The van der Waals surface area contributed by atoms with E-state index in [4.69, 9.17) is 0 Å². The topological polar surface area (TPSA) is 61.4 Å². The molecular formula is C22H27N3O2S. The SMILES string of the molecule is CNCC1CCN(C(=O)c2ccsc2NC(=O)c2ccc3c(c2)CCC3)CC1. The molecule has 2 N–H and O–H groups in total. The number of thiophene rings is 1. The highest BCUT2D eigenvalue weighted by atomic mass is 32.1. The number of carbonyl (C=O) groups excluding carboxylic acids is 2. The molecule has 0 spiro atoms. The fourth-order valence-corrected chi connectivity index (χ4v) is 5.04. The molecule has 6 heteroatoms. The van der Waals surface area contributed by atoms with Crippen molar-refractivity contribution in [1.29, 1.82) is 0 Å². The number of likely N-dealkylation sites (tertiary alicyclic amines) is 1. The van der Waals surface area contributed by atoms with Gasteiger partial charge in [0.05, 0.1) is 5.56 Å². The number of amides is 2. The molecule has 0 bridgehead atoms. The highest BCUT2D eigenvalue weighted by Crippen LogP contribution is 2.28. The molecule has 2 aliphatic rings. The van der Waals surface area contributed by atoms with Gasteiger partial charge in [0.25, 0.3) is 11.8 Å². The van der Waals surface area contributed by atoms with Crippen molar-refractivity contribution in [3.8, 4) is 0 Å². The van der Waals surface area contributed by atoms with Gasteiger partial charge < -0.3 is 15.5 Å². The van der Waals surface area contributed by atoms with Gasteiger partial charge in [-0.25, -0.2) is 0 Å². The fourth-order valence-electron chi connectivity index (χ4n) is 4.26. The zero-order valence-corrected chi connectivity index (χ0v) is 17.1. The summed E-state index contributed by atoms with van der Waals surface area (Å²) in [6.07, 6.45) is 5.35. The minimum absolute atomic E-state index is 0.0217. The molecule has 1 aromatic carbocycles. The van der Waals surface area contributed by atoms with E-state index in [0.717, 1.165) is 51.7 Å². The third-order valence-corrected chi connectivity index (χ3v) is 6.71. The Labute approximate surface area is 170 Å². The largest absolute Gasteiger partial charge is 0.339 e. The molecule has 0 saturated carbocycles. The van der Waals surface area contributed by atoms with Gasteiger partial charge in [-0.05, 0) is 86.3 Å². The Morgan fingerprint density at radius 3 is 2.71 bits per heavy atom. The van der Waals surface area contributed by atoms with Crippen LogP contribution < -0.4 is 10.6 Å². The Morgan fingerprint density at radius 1 is 1.14 bits per heavy atom. The number of rotatable bonds is 5. The summed E-state index contributed by atoms with van der Waals surface area (Å²) in [7, 11) is 1.97. The number of fused-ring (bicyclic) bond motifs is 1. The molecule has 5 nitrogen and oxygen atoms in total. The van der Waals surface area contributed by atoms with Crippen molar-refractivity contribution < 1.29 is 9.59 Å². The second-order valence-electron chi connectivity index (χ2n) is 7.75. The Hall–Kier alpha value is -2.18. The third-order valence-electron chi connectivity index (χ3n) is 5.88. The lowest BCUT2D eigenvalue weighted by atomic mass is 9.96. The number of carbonyl (C=O) groups is 2. The summed E-state index contributed by atoms with van der Waals surface area (Å²) in [5.41, 5.74) is 3.90. The van der Waals surface area contributed by atoms with Crippen molar-refractivity contribution in [3.05, 3.63) is 51.9 Å². The maximum absolute atomic E-state index is 13.0. The van der Waals surface area contributed by atoms with E-state index >= 15 is 0 Å². The Kier molecular flexibility index (Phi) is 5.78. The van der Waals surface area contributed by atoms with Crippen LogP contribution in [0, 0.1) is 5.92 Å². The van der Waals surface area contributed by atoms with Gasteiger partial charge in [0.2, 0.25) is 0 Å². The van der Waals surface area contributed by atoms with Gasteiger partial charge in [-0.2, -0.15) is 0 Å². The van der Waals surface area contributed by atoms with Crippen LogP contribution in [0.5, 0.6) is 0 Å². The minimum atomic E-state index is -0.140. The molecule has 1 saturated heterocycles. The van der Waals surface area contributed by atoms with E-state index in [1.165, 1.54) is 22.5 Å². The van der Waals surface area contributed by atoms with Crippen molar-refractivity contribution in [2.75, 3.05) is 32.0 Å². The number of nitrogens with one attached hydrogen (secondary N) is 2.